The number of carbonyl (C=O) groups excluding carboxylic acids is 1. The summed E-state index contributed by atoms with van der Waals surface area (Å²) in [6.07, 6.45) is 3.97. The van der Waals surface area contributed by atoms with E-state index in [1.54, 1.807) is 18.4 Å². The Bertz CT molecular complexity index is 541. The van der Waals surface area contributed by atoms with Crippen LogP contribution in [0, 0.1) is 5.92 Å². The van der Waals surface area contributed by atoms with Gasteiger partial charge in [0.15, 0.2) is 0 Å². The number of nitrogens with zero attached hydrogens (tertiary/aromatic N) is 2. The molecule has 0 bridgehead atoms. The van der Waals surface area contributed by atoms with Crippen LogP contribution in [0.25, 0.3) is 0 Å². The molecule has 25 heavy (non-hydrogen) atoms. The van der Waals surface area contributed by atoms with Crippen LogP contribution in [0.4, 0.5) is 0 Å². The number of piperidine rings is 1. The van der Waals surface area contributed by atoms with Crippen molar-refractivity contribution < 1.29 is 22.7 Å². The molecule has 0 aromatic carbocycles. The van der Waals surface area contributed by atoms with E-state index in [4.69, 9.17) is 9.47 Å². The second-order valence-corrected chi connectivity index (χ2v) is 9.33. The number of ether oxygens (including phenoxy) is 2. The van der Waals surface area contributed by atoms with E-state index in [2.05, 4.69) is 0 Å². The van der Waals surface area contributed by atoms with E-state index in [-0.39, 0.29) is 23.9 Å². The van der Waals surface area contributed by atoms with E-state index in [1.165, 1.54) is 4.90 Å². The Labute approximate surface area is 151 Å². The molecule has 0 radical (unpaired) electrons. The molecular weight excluding hydrogens is 344 g/mol. The Morgan fingerprint density at radius 1 is 1.32 bits per heavy atom. The van der Waals surface area contributed by atoms with Crippen molar-refractivity contribution in [1.29, 1.82) is 0 Å². The van der Waals surface area contributed by atoms with Gasteiger partial charge in [-0.25, -0.2) is 12.7 Å². The first-order valence-electron chi connectivity index (χ1n) is 9.20. The van der Waals surface area contributed by atoms with E-state index in [1.807, 2.05) is 6.92 Å². The van der Waals surface area contributed by atoms with Gasteiger partial charge in [-0.2, -0.15) is 0 Å². The highest BCUT2D eigenvalue weighted by molar-refractivity contribution is 7.89. The van der Waals surface area contributed by atoms with Crippen LogP contribution >= 0.6 is 0 Å². The first-order valence-corrected chi connectivity index (χ1v) is 10.8. The molecule has 0 N–H and O–H groups in total. The van der Waals surface area contributed by atoms with Crippen molar-refractivity contribution in [3.63, 3.8) is 0 Å². The molecule has 2 aliphatic heterocycles. The number of hydrogen-bond acceptors (Lipinski definition) is 5. The summed E-state index contributed by atoms with van der Waals surface area (Å²) in [7, 11) is 0.304. The SMILES string of the molecule is CCCS(=O)(=O)N1CCC2(CC1)OCC[C@H]2CCOCC(=O)N(C)C. The van der Waals surface area contributed by atoms with Gasteiger partial charge in [-0.1, -0.05) is 6.92 Å². The normalized spacial score (nSPS) is 23.9. The van der Waals surface area contributed by atoms with Crippen molar-refractivity contribution in [2.45, 2.75) is 44.6 Å². The predicted octanol–water partition coefficient (Wildman–Crippen LogP) is 1.09. The Balaban J connectivity index is 1.82. The lowest BCUT2D eigenvalue weighted by Gasteiger charge is -2.41. The molecule has 0 aliphatic carbocycles. The average molecular weight is 377 g/mol. The maximum Gasteiger partial charge on any atom is 0.248 e. The highest BCUT2D eigenvalue weighted by atomic mass is 32.2. The van der Waals surface area contributed by atoms with Gasteiger partial charge in [-0.05, 0) is 38.0 Å². The fraction of sp³-hybridized carbons (Fsp3) is 0.941. The fourth-order valence-electron chi connectivity index (χ4n) is 3.79. The van der Waals surface area contributed by atoms with Crippen LogP contribution in [0.1, 0.15) is 39.0 Å². The minimum Gasteiger partial charge on any atom is -0.375 e. The zero-order valence-corrected chi connectivity index (χ0v) is 16.5. The zero-order chi connectivity index (χ0) is 18.5. The first kappa shape index (κ1) is 20.6. The van der Waals surface area contributed by atoms with E-state index in [0.717, 1.165) is 32.3 Å². The van der Waals surface area contributed by atoms with Crippen LogP contribution in [0.5, 0.6) is 0 Å². The summed E-state index contributed by atoms with van der Waals surface area (Å²) in [4.78, 5) is 13.1. The molecule has 2 saturated heterocycles. The summed E-state index contributed by atoms with van der Waals surface area (Å²) < 4.78 is 37.7. The highest BCUT2D eigenvalue weighted by Crippen LogP contribution is 2.42. The molecule has 0 saturated carbocycles. The Kier molecular flexibility index (Phi) is 7.25. The third-order valence-corrected chi connectivity index (χ3v) is 7.44. The Morgan fingerprint density at radius 3 is 2.60 bits per heavy atom. The molecule has 7 nitrogen and oxygen atoms in total. The van der Waals surface area contributed by atoms with Crippen LogP contribution in [-0.4, -0.2) is 81.9 Å². The van der Waals surface area contributed by atoms with Crippen LogP contribution in [0.2, 0.25) is 0 Å². The topological polar surface area (TPSA) is 76.1 Å². The van der Waals surface area contributed by atoms with E-state index in [9.17, 15) is 13.2 Å². The molecule has 1 amide bonds. The third kappa shape index (κ3) is 5.15. The van der Waals surface area contributed by atoms with Crippen LogP contribution in [0.15, 0.2) is 0 Å². The number of carbonyl (C=O) groups is 1. The first-order chi connectivity index (χ1) is 11.8. The summed E-state index contributed by atoms with van der Waals surface area (Å²) in [5.74, 6) is 0.558. The molecule has 1 spiro atoms. The fourth-order valence-corrected chi connectivity index (χ4v) is 5.30. The lowest BCUT2D eigenvalue weighted by molar-refractivity contribution is -0.133. The smallest absolute Gasteiger partial charge is 0.248 e. The second kappa shape index (κ2) is 8.79. The monoisotopic (exact) mass is 376 g/mol. The Morgan fingerprint density at radius 2 is 2.00 bits per heavy atom. The maximum absolute atomic E-state index is 12.2. The van der Waals surface area contributed by atoms with Crippen LogP contribution in [-0.2, 0) is 24.3 Å². The lowest BCUT2D eigenvalue weighted by Crippen LogP contribution is -2.50. The average Bonchev–Trinajstić information content (AvgIpc) is 2.93. The summed E-state index contributed by atoms with van der Waals surface area (Å²) >= 11 is 0. The van der Waals surface area contributed by atoms with Crippen molar-refractivity contribution in [1.82, 2.24) is 9.21 Å². The van der Waals surface area contributed by atoms with Crippen molar-refractivity contribution in [2.24, 2.45) is 5.92 Å². The maximum atomic E-state index is 12.2. The Hall–Kier alpha value is -0.700. The van der Waals surface area contributed by atoms with Gasteiger partial charge < -0.3 is 14.4 Å². The number of rotatable bonds is 8. The van der Waals surface area contributed by atoms with Gasteiger partial charge in [0, 0.05) is 40.4 Å². The second-order valence-electron chi connectivity index (χ2n) is 7.24. The lowest BCUT2D eigenvalue weighted by atomic mass is 9.78. The van der Waals surface area contributed by atoms with Crippen molar-refractivity contribution >= 4 is 15.9 Å². The van der Waals surface area contributed by atoms with Crippen LogP contribution < -0.4 is 0 Å². The molecule has 1 atom stereocenters. The molecule has 2 fully saturated rings. The molecule has 8 heteroatoms. The number of amides is 1. The minimum absolute atomic E-state index is 0.0353. The molecule has 0 aromatic heterocycles. The molecule has 0 aromatic rings. The van der Waals surface area contributed by atoms with Crippen molar-refractivity contribution in [3.8, 4) is 0 Å². The van der Waals surface area contributed by atoms with Gasteiger partial charge >= 0.3 is 0 Å². The number of likely N-dealkylation sites (N-methyl/N-ethyl adjacent to an activating group) is 1. The largest absolute Gasteiger partial charge is 0.375 e. The van der Waals surface area contributed by atoms with Crippen molar-refractivity contribution in [2.75, 3.05) is 52.8 Å². The highest BCUT2D eigenvalue weighted by Gasteiger charge is 2.47. The van der Waals surface area contributed by atoms with E-state index in [0.29, 0.717) is 32.0 Å². The van der Waals surface area contributed by atoms with Crippen molar-refractivity contribution in [3.05, 3.63) is 0 Å². The molecular formula is C17H32N2O5S. The summed E-state index contributed by atoms with van der Waals surface area (Å²) in [5.41, 5.74) is -0.215. The van der Waals surface area contributed by atoms with E-state index < -0.39 is 10.0 Å². The molecule has 2 heterocycles. The summed E-state index contributed by atoms with van der Waals surface area (Å²) in [5, 5.41) is 0. The van der Waals surface area contributed by atoms with Crippen LogP contribution in [0.3, 0.4) is 0 Å². The third-order valence-electron chi connectivity index (χ3n) is 5.36. The number of hydrogen-bond donors (Lipinski definition) is 0. The van der Waals surface area contributed by atoms with Gasteiger partial charge in [-0.3, -0.25) is 4.79 Å². The predicted molar refractivity (Wildman–Crippen MR) is 95.8 cm³/mol. The molecule has 2 rings (SSSR count). The van der Waals surface area contributed by atoms with Gasteiger partial charge in [0.2, 0.25) is 15.9 Å². The van der Waals surface area contributed by atoms with Gasteiger partial charge in [0.05, 0.1) is 11.4 Å². The van der Waals surface area contributed by atoms with Gasteiger partial charge in [0.25, 0.3) is 0 Å². The molecule has 2 aliphatic rings. The quantitative estimate of drug-likeness (QED) is 0.593. The number of sulfonamides is 1. The van der Waals surface area contributed by atoms with Gasteiger partial charge in [0.1, 0.15) is 6.61 Å². The van der Waals surface area contributed by atoms with E-state index >= 15 is 0 Å². The van der Waals surface area contributed by atoms with Gasteiger partial charge in [-0.15, -0.1) is 0 Å². The molecule has 0 unspecified atom stereocenters. The zero-order valence-electron chi connectivity index (χ0n) is 15.7. The standard InChI is InChI=1S/C17H32N2O5S/c1-4-13-25(21,22)19-9-7-17(8-10-19)15(6-12-24-17)5-11-23-14-16(20)18(2)3/h15H,4-14H2,1-3H3/t15-/m1/s1. The summed E-state index contributed by atoms with van der Waals surface area (Å²) in [6, 6.07) is 0. The minimum atomic E-state index is -3.12. The molecule has 146 valence electrons. The summed E-state index contributed by atoms with van der Waals surface area (Å²) in [6.45, 7) is 4.34.